The SMILES string of the molecule is O=C1CC[C@H]2[C@@H]1[C@@H]2C(=O)Oc1ccc2ccccc2c1. The van der Waals surface area contributed by atoms with Gasteiger partial charge >= 0.3 is 5.97 Å². The molecular weight excluding hydrogens is 252 g/mol. The third-order valence-corrected chi connectivity index (χ3v) is 4.48. The molecule has 2 saturated carbocycles. The number of Topliss-reactive ketones (excluding diaryl/α,β-unsaturated/α-hetero) is 1. The van der Waals surface area contributed by atoms with Gasteiger partial charge in [-0.25, -0.2) is 0 Å². The number of ketones is 1. The summed E-state index contributed by atoms with van der Waals surface area (Å²) in [7, 11) is 0. The molecule has 3 nitrogen and oxygen atoms in total. The highest BCUT2D eigenvalue weighted by Crippen LogP contribution is 2.55. The highest BCUT2D eigenvalue weighted by Gasteiger charge is 2.62. The third-order valence-electron chi connectivity index (χ3n) is 4.48. The molecule has 0 radical (unpaired) electrons. The van der Waals surface area contributed by atoms with Gasteiger partial charge in [-0.2, -0.15) is 0 Å². The zero-order valence-electron chi connectivity index (χ0n) is 10.9. The van der Waals surface area contributed by atoms with E-state index in [0.29, 0.717) is 12.2 Å². The van der Waals surface area contributed by atoms with Crippen molar-refractivity contribution in [3.63, 3.8) is 0 Å². The normalized spacial score (nSPS) is 27.4. The fourth-order valence-electron chi connectivity index (χ4n) is 3.38. The van der Waals surface area contributed by atoms with Crippen LogP contribution in [0.5, 0.6) is 5.75 Å². The average molecular weight is 266 g/mol. The smallest absolute Gasteiger partial charge is 0.315 e. The van der Waals surface area contributed by atoms with Crippen LogP contribution in [0.1, 0.15) is 12.8 Å². The van der Waals surface area contributed by atoms with Crippen molar-refractivity contribution in [2.24, 2.45) is 17.8 Å². The predicted octanol–water partition coefficient (Wildman–Crippen LogP) is 2.97. The van der Waals surface area contributed by atoms with Gasteiger partial charge in [0.05, 0.1) is 5.92 Å². The van der Waals surface area contributed by atoms with E-state index in [1.54, 1.807) is 6.07 Å². The maximum atomic E-state index is 12.1. The summed E-state index contributed by atoms with van der Waals surface area (Å²) in [4.78, 5) is 23.6. The largest absolute Gasteiger partial charge is 0.426 e. The second-order valence-electron chi connectivity index (χ2n) is 5.65. The maximum absolute atomic E-state index is 12.1. The number of benzene rings is 2. The molecule has 2 aromatic rings. The van der Waals surface area contributed by atoms with Crippen LogP contribution in [0.3, 0.4) is 0 Å². The van der Waals surface area contributed by atoms with Crippen LogP contribution in [-0.4, -0.2) is 11.8 Å². The van der Waals surface area contributed by atoms with Crippen molar-refractivity contribution in [1.29, 1.82) is 0 Å². The fourth-order valence-corrected chi connectivity index (χ4v) is 3.38. The molecule has 0 aromatic heterocycles. The van der Waals surface area contributed by atoms with E-state index >= 15 is 0 Å². The van der Waals surface area contributed by atoms with E-state index in [0.717, 1.165) is 17.2 Å². The lowest BCUT2D eigenvalue weighted by Gasteiger charge is -2.06. The Kier molecular flexibility index (Phi) is 2.43. The van der Waals surface area contributed by atoms with Crippen molar-refractivity contribution in [3.8, 4) is 5.75 Å². The molecule has 0 aliphatic heterocycles. The molecule has 2 aliphatic carbocycles. The van der Waals surface area contributed by atoms with Crippen molar-refractivity contribution >= 4 is 22.5 Å². The van der Waals surface area contributed by atoms with E-state index in [-0.39, 0.29) is 29.5 Å². The van der Waals surface area contributed by atoms with Crippen LogP contribution in [0.15, 0.2) is 42.5 Å². The molecule has 0 heterocycles. The van der Waals surface area contributed by atoms with Crippen LogP contribution >= 0.6 is 0 Å². The standard InChI is InChI=1S/C17H14O3/c18-14-8-7-13-15(14)16(13)17(19)20-12-6-5-10-3-1-2-4-11(10)9-12/h1-6,9,13,15-16H,7-8H2/t13-,15-,16+/m0/s1. The van der Waals surface area contributed by atoms with Crippen molar-refractivity contribution in [1.82, 2.24) is 0 Å². The summed E-state index contributed by atoms with van der Waals surface area (Å²) in [6.45, 7) is 0. The number of fused-ring (bicyclic) bond motifs is 2. The van der Waals surface area contributed by atoms with E-state index in [9.17, 15) is 9.59 Å². The Morgan fingerprint density at radius 1 is 1.10 bits per heavy atom. The van der Waals surface area contributed by atoms with Gasteiger partial charge in [0.25, 0.3) is 0 Å². The monoisotopic (exact) mass is 266 g/mol. The minimum absolute atomic E-state index is 0.0528. The number of esters is 1. The molecule has 0 bridgehead atoms. The Bertz CT molecular complexity index is 719. The zero-order chi connectivity index (χ0) is 13.7. The second-order valence-corrected chi connectivity index (χ2v) is 5.65. The van der Waals surface area contributed by atoms with E-state index in [1.165, 1.54) is 0 Å². The van der Waals surface area contributed by atoms with E-state index in [4.69, 9.17) is 4.74 Å². The topological polar surface area (TPSA) is 43.4 Å². The van der Waals surface area contributed by atoms with Crippen LogP contribution in [0.2, 0.25) is 0 Å². The number of rotatable bonds is 2. The van der Waals surface area contributed by atoms with Gasteiger partial charge in [-0.3, -0.25) is 9.59 Å². The molecule has 3 atom stereocenters. The van der Waals surface area contributed by atoms with E-state index in [2.05, 4.69) is 0 Å². The quantitative estimate of drug-likeness (QED) is 0.620. The molecule has 2 aromatic carbocycles. The molecule has 2 fully saturated rings. The van der Waals surface area contributed by atoms with Gasteiger partial charge in [-0.05, 0) is 35.2 Å². The summed E-state index contributed by atoms with van der Waals surface area (Å²) in [5.41, 5.74) is 0. The first-order valence-corrected chi connectivity index (χ1v) is 6.97. The summed E-state index contributed by atoms with van der Waals surface area (Å²) < 4.78 is 5.44. The Balaban J connectivity index is 1.53. The zero-order valence-corrected chi connectivity index (χ0v) is 10.9. The van der Waals surface area contributed by atoms with Crippen LogP contribution in [0.4, 0.5) is 0 Å². The molecule has 100 valence electrons. The highest BCUT2D eigenvalue weighted by molar-refractivity contribution is 5.95. The number of ether oxygens (including phenoxy) is 1. The molecule has 2 aliphatic rings. The maximum Gasteiger partial charge on any atom is 0.315 e. The van der Waals surface area contributed by atoms with E-state index < -0.39 is 0 Å². The Morgan fingerprint density at radius 2 is 1.90 bits per heavy atom. The number of hydrogen-bond acceptors (Lipinski definition) is 3. The lowest BCUT2D eigenvalue weighted by Crippen LogP contribution is -2.15. The Hall–Kier alpha value is -2.16. The first kappa shape index (κ1) is 11.6. The van der Waals surface area contributed by atoms with Crippen LogP contribution in [-0.2, 0) is 9.59 Å². The number of carbonyl (C=O) groups is 2. The molecule has 0 spiro atoms. The summed E-state index contributed by atoms with van der Waals surface area (Å²) in [6, 6.07) is 13.6. The van der Waals surface area contributed by atoms with E-state index in [1.807, 2.05) is 36.4 Å². The second kappa shape index (κ2) is 4.17. The van der Waals surface area contributed by atoms with Crippen molar-refractivity contribution in [3.05, 3.63) is 42.5 Å². The van der Waals surface area contributed by atoms with Crippen LogP contribution < -0.4 is 4.74 Å². The van der Waals surface area contributed by atoms with Crippen molar-refractivity contribution in [2.45, 2.75) is 12.8 Å². The molecule has 0 amide bonds. The summed E-state index contributed by atoms with van der Waals surface area (Å²) in [5.74, 6) is 0.547. The summed E-state index contributed by atoms with van der Waals surface area (Å²) in [6.07, 6.45) is 1.48. The first-order valence-electron chi connectivity index (χ1n) is 6.97. The molecule has 0 N–H and O–H groups in total. The van der Waals surface area contributed by atoms with Gasteiger partial charge in [-0.15, -0.1) is 0 Å². The minimum Gasteiger partial charge on any atom is -0.426 e. The number of hydrogen-bond donors (Lipinski definition) is 0. The lowest BCUT2D eigenvalue weighted by molar-refractivity contribution is -0.138. The Labute approximate surface area is 116 Å². The van der Waals surface area contributed by atoms with Gasteiger partial charge < -0.3 is 4.74 Å². The molecule has 3 heteroatoms. The third kappa shape index (κ3) is 1.73. The van der Waals surface area contributed by atoms with Gasteiger partial charge in [-0.1, -0.05) is 30.3 Å². The van der Waals surface area contributed by atoms with Gasteiger partial charge in [0.2, 0.25) is 0 Å². The fraction of sp³-hybridized carbons (Fsp3) is 0.294. The summed E-state index contributed by atoms with van der Waals surface area (Å²) >= 11 is 0. The molecule has 0 saturated heterocycles. The van der Waals surface area contributed by atoms with Crippen molar-refractivity contribution in [2.75, 3.05) is 0 Å². The molecule has 4 rings (SSSR count). The first-order chi connectivity index (χ1) is 9.74. The highest BCUT2D eigenvalue weighted by atomic mass is 16.5. The van der Waals surface area contributed by atoms with Crippen LogP contribution in [0, 0.1) is 17.8 Å². The van der Waals surface area contributed by atoms with Gasteiger partial charge in [0, 0.05) is 12.3 Å². The van der Waals surface area contributed by atoms with Gasteiger partial charge in [0.1, 0.15) is 11.5 Å². The van der Waals surface area contributed by atoms with Gasteiger partial charge in [0.15, 0.2) is 0 Å². The average Bonchev–Trinajstić information content (AvgIpc) is 3.08. The van der Waals surface area contributed by atoms with Crippen LogP contribution in [0.25, 0.3) is 10.8 Å². The molecular formula is C17H14O3. The van der Waals surface area contributed by atoms with Crippen molar-refractivity contribution < 1.29 is 14.3 Å². The predicted molar refractivity (Wildman–Crippen MR) is 74.3 cm³/mol. The Morgan fingerprint density at radius 3 is 2.65 bits per heavy atom. The molecule has 0 unspecified atom stereocenters. The molecule has 20 heavy (non-hydrogen) atoms. The lowest BCUT2D eigenvalue weighted by atomic mass is 10.1. The minimum atomic E-state index is -0.247. The number of carbonyl (C=O) groups excluding carboxylic acids is 2. The summed E-state index contributed by atoms with van der Waals surface area (Å²) in [5, 5.41) is 2.16.